The second-order valence-corrected chi connectivity index (χ2v) is 5.68. The number of amides is 1. The Morgan fingerprint density at radius 1 is 1.47 bits per heavy atom. The SMILES string of the molecule is O=C1COc2ccc(NS(=O)(=O)CCl)cc2N1. The number of anilines is 2. The van der Waals surface area contributed by atoms with Crippen molar-refractivity contribution in [3.63, 3.8) is 0 Å². The van der Waals surface area contributed by atoms with Crippen molar-refractivity contribution in [2.45, 2.75) is 0 Å². The molecule has 17 heavy (non-hydrogen) atoms. The lowest BCUT2D eigenvalue weighted by Crippen LogP contribution is -2.25. The molecule has 0 fully saturated rings. The van der Waals surface area contributed by atoms with E-state index in [4.69, 9.17) is 16.3 Å². The van der Waals surface area contributed by atoms with Crippen molar-refractivity contribution in [2.75, 3.05) is 21.9 Å². The lowest BCUT2D eigenvalue weighted by atomic mass is 10.2. The Kier molecular flexibility index (Phi) is 3.12. The third-order valence-corrected chi connectivity index (χ3v) is 3.73. The van der Waals surface area contributed by atoms with Gasteiger partial charge in [-0.1, -0.05) is 0 Å². The molecule has 1 aromatic rings. The average molecular weight is 277 g/mol. The summed E-state index contributed by atoms with van der Waals surface area (Å²) >= 11 is 5.26. The monoisotopic (exact) mass is 276 g/mol. The van der Waals surface area contributed by atoms with Gasteiger partial charge < -0.3 is 10.1 Å². The Morgan fingerprint density at radius 3 is 2.94 bits per heavy atom. The molecule has 0 atom stereocenters. The van der Waals surface area contributed by atoms with Crippen molar-refractivity contribution >= 4 is 38.9 Å². The van der Waals surface area contributed by atoms with Gasteiger partial charge in [0.25, 0.3) is 5.91 Å². The van der Waals surface area contributed by atoms with Gasteiger partial charge in [-0.3, -0.25) is 9.52 Å². The number of nitrogens with one attached hydrogen (secondary N) is 2. The number of halogens is 1. The Labute approximate surface area is 103 Å². The van der Waals surface area contributed by atoms with Crippen LogP contribution in [0.15, 0.2) is 18.2 Å². The minimum absolute atomic E-state index is 0.0419. The Hall–Kier alpha value is -1.47. The summed E-state index contributed by atoms with van der Waals surface area (Å²) in [4.78, 5) is 11.1. The molecular formula is C9H9ClN2O4S. The van der Waals surface area contributed by atoms with Crippen LogP contribution in [0.25, 0.3) is 0 Å². The van der Waals surface area contributed by atoms with E-state index in [1.165, 1.54) is 12.1 Å². The molecule has 0 unspecified atom stereocenters. The van der Waals surface area contributed by atoms with Crippen molar-refractivity contribution in [3.8, 4) is 5.75 Å². The molecule has 2 N–H and O–H groups in total. The van der Waals surface area contributed by atoms with Crippen LogP contribution < -0.4 is 14.8 Å². The fourth-order valence-electron chi connectivity index (χ4n) is 1.35. The molecule has 0 aliphatic carbocycles. The van der Waals surface area contributed by atoms with Crippen LogP contribution in [0.2, 0.25) is 0 Å². The average Bonchev–Trinajstić information content (AvgIpc) is 2.28. The molecule has 0 radical (unpaired) electrons. The summed E-state index contributed by atoms with van der Waals surface area (Å²) in [5.74, 6) is 0.216. The summed E-state index contributed by atoms with van der Waals surface area (Å²) in [6.45, 7) is -0.0419. The normalized spacial score (nSPS) is 14.5. The van der Waals surface area contributed by atoms with Gasteiger partial charge in [0, 0.05) is 0 Å². The molecular weight excluding hydrogens is 268 g/mol. The number of sulfonamides is 1. The van der Waals surface area contributed by atoms with Crippen molar-refractivity contribution < 1.29 is 17.9 Å². The number of ether oxygens (including phenoxy) is 1. The Bertz CT molecular complexity index is 558. The molecule has 1 aliphatic rings. The second-order valence-electron chi connectivity index (χ2n) is 3.37. The van der Waals surface area contributed by atoms with Gasteiger partial charge in [-0.2, -0.15) is 0 Å². The largest absolute Gasteiger partial charge is 0.482 e. The first-order valence-electron chi connectivity index (χ1n) is 4.63. The molecule has 6 nitrogen and oxygen atoms in total. The minimum atomic E-state index is -3.55. The molecule has 2 rings (SSSR count). The lowest BCUT2D eigenvalue weighted by molar-refractivity contribution is -0.118. The van der Waals surface area contributed by atoms with E-state index in [1.54, 1.807) is 6.07 Å². The highest BCUT2D eigenvalue weighted by Crippen LogP contribution is 2.30. The number of carbonyl (C=O) groups is 1. The molecule has 8 heteroatoms. The van der Waals surface area contributed by atoms with Gasteiger partial charge in [-0.15, -0.1) is 11.6 Å². The van der Waals surface area contributed by atoms with Gasteiger partial charge in [0.15, 0.2) is 6.61 Å². The van der Waals surface area contributed by atoms with Crippen molar-refractivity contribution in [2.24, 2.45) is 0 Å². The van der Waals surface area contributed by atoms with E-state index in [2.05, 4.69) is 10.0 Å². The third kappa shape index (κ3) is 2.80. The minimum Gasteiger partial charge on any atom is -0.482 e. The predicted octanol–water partition coefficient (Wildman–Crippen LogP) is 0.955. The number of carbonyl (C=O) groups excluding carboxylic acids is 1. The van der Waals surface area contributed by atoms with E-state index in [1.807, 2.05) is 0 Å². The first kappa shape index (κ1) is 12.0. The Morgan fingerprint density at radius 2 is 2.24 bits per heavy atom. The third-order valence-electron chi connectivity index (χ3n) is 2.03. The number of rotatable bonds is 3. The molecule has 92 valence electrons. The fourth-order valence-corrected chi connectivity index (χ4v) is 2.06. The van der Waals surface area contributed by atoms with Crippen molar-refractivity contribution in [3.05, 3.63) is 18.2 Å². The molecule has 0 bridgehead atoms. The van der Waals surface area contributed by atoms with Crippen LogP contribution in [0.5, 0.6) is 5.75 Å². The zero-order valence-electron chi connectivity index (χ0n) is 8.57. The maximum absolute atomic E-state index is 11.2. The zero-order valence-corrected chi connectivity index (χ0v) is 10.1. The van der Waals surface area contributed by atoms with Gasteiger partial charge in [0.05, 0.1) is 11.4 Å². The number of fused-ring (bicyclic) bond motifs is 1. The summed E-state index contributed by atoms with van der Waals surface area (Å²) in [5.41, 5.74) is 0.742. The lowest BCUT2D eigenvalue weighted by Gasteiger charge is -2.18. The maximum atomic E-state index is 11.2. The van der Waals surface area contributed by atoms with E-state index in [0.29, 0.717) is 17.1 Å². The molecule has 0 saturated heterocycles. The highest BCUT2D eigenvalue weighted by atomic mass is 35.5. The quantitative estimate of drug-likeness (QED) is 0.805. The summed E-state index contributed by atoms with van der Waals surface area (Å²) < 4.78 is 29.9. The number of hydrogen-bond acceptors (Lipinski definition) is 4. The highest BCUT2D eigenvalue weighted by Gasteiger charge is 2.17. The second kappa shape index (κ2) is 4.42. The van der Waals surface area contributed by atoms with Gasteiger partial charge in [0.2, 0.25) is 10.0 Å². The van der Waals surface area contributed by atoms with Crippen LogP contribution in [0.4, 0.5) is 11.4 Å². The fraction of sp³-hybridized carbons (Fsp3) is 0.222. The van der Waals surface area contributed by atoms with Crippen LogP contribution in [0.1, 0.15) is 0 Å². The van der Waals surface area contributed by atoms with Crippen molar-refractivity contribution in [1.82, 2.24) is 0 Å². The van der Waals surface area contributed by atoms with E-state index in [9.17, 15) is 13.2 Å². The predicted molar refractivity (Wildman–Crippen MR) is 63.8 cm³/mol. The molecule has 1 heterocycles. The van der Waals surface area contributed by atoms with Crippen molar-refractivity contribution in [1.29, 1.82) is 0 Å². The highest BCUT2D eigenvalue weighted by molar-refractivity contribution is 7.93. The number of hydrogen-bond donors (Lipinski definition) is 2. The van der Waals surface area contributed by atoms with Crippen LogP contribution in [-0.4, -0.2) is 26.1 Å². The topological polar surface area (TPSA) is 84.5 Å². The molecule has 1 amide bonds. The summed E-state index contributed by atoms with van der Waals surface area (Å²) in [6, 6.07) is 4.57. The van der Waals surface area contributed by atoms with E-state index in [-0.39, 0.29) is 12.5 Å². The molecule has 0 saturated carbocycles. The van der Waals surface area contributed by atoms with Gasteiger partial charge >= 0.3 is 0 Å². The summed E-state index contributed by atoms with van der Waals surface area (Å²) in [7, 11) is -3.55. The van der Waals surface area contributed by atoms with Gasteiger partial charge in [-0.25, -0.2) is 8.42 Å². The molecule has 1 aromatic carbocycles. The molecule has 0 spiro atoms. The van der Waals surface area contributed by atoms with Crippen LogP contribution in [-0.2, 0) is 14.8 Å². The first-order valence-corrected chi connectivity index (χ1v) is 6.82. The van der Waals surface area contributed by atoms with E-state index < -0.39 is 15.2 Å². The van der Waals surface area contributed by atoms with E-state index >= 15 is 0 Å². The van der Waals surface area contributed by atoms with Crippen LogP contribution in [0.3, 0.4) is 0 Å². The first-order chi connectivity index (χ1) is 8.00. The van der Waals surface area contributed by atoms with Gasteiger partial charge in [0.1, 0.15) is 11.0 Å². The molecule has 0 aromatic heterocycles. The molecule has 1 aliphatic heterocycles. The Balaban J connectivity index is 2.27. The van der Waals surface area contributed by atoms with Crippen LogP contribution >= 0.6 is 11.6 Å². The number of benzene rings is 1. The van der Waals surface area contributed by atoms with E-state index in [0.717, 1.165) is 0 Å². The number of alkyl halides is 1. The standard InChI is InChI=1S/C9H9ClN2O4S/c10-5-17(14,15)12-6-1-2-8-7(3-6)11-9(13)4-16-8/h1-3,12H,4-5H2,(H,11,13). The smallest absolute Gasteiger partial charge is 0.262 e. The zero-order chi connectivity index (χ0) is 12.5. The maximum Gasteiger partial charge on any atom is 0.262 e. The summed E-state index contributed by atoms with van der Waals surface area (Å²) in [5, 5.41) is 2.04. The van der Waals surface area contributed by atoms with Crippen LogP contribution in [0, 0.1) is 0 Å². The van der Waals surface area contributed by atoms with Gasteiger partial charge in [-0.05, 0) is 18.2 Å². The summed E-state index contributed by atoms with van der Waals surface area (Å²) in [6.07, 6.45) is 0.